The highest BCUT2D eigenvalue weighted by atomic mass is 35.5. The summed E-state index contributed by atoms with van der Waals surface area (Å²) in [7, 11) is 3.75. The lowest BCUT2D eigenvalue weighted by atomic mass is 10.1. The second-order valence-electron chi connectivity index (χ2n) is 3.77. The first-order chi connectivity index (χ1) is 8.74. The molecule has 118 valence electrons. The first-order valence-electron chi connectivity index (χ1n) is 6.71. The highest BCUT2D eigenvalue weighted by Crippen LogP contribution is 2.04. The summed E-state index contributed by atoms with van der Waals surface area (Å²) in [6.45, 7) is 5.92. The number of halogens is 3. The van der Waals surface area contributed by atoms with Crippen molar-refractivity contribution >= 4 is 35.6 Å². The Balaban J connectivity index is -0.0000000982. The highest BCUT2D eigenvalue weighted by molar-refractivity contribution is 6.20. The Morgan fingerprint density at radius 2 is 1.37 bits per heavy atom. The zero-order valence-electron chi connectivity index (χ0n) is 12.8. The molecule has 0 aromatic rings. The van der Waals surface area contributed by atoms with E-state index >= 15 is 0 Å². The van der Waals surface area contributed by atoms with Gasteiger partial charge in [-0.25, -0.2) is 0 Å². The van der Waals surface area contributed by atoms with Crippen molar-refractivity contribution < 1.29 is 0 Å². The van der Waals surface area contributed by atoms with Crippen LogP contribution in [0.25, 0.3) is 0 Å². The molecule has 19 heavy (non-hydrogen) atoms. The molecule has 0 saturated heterocycles. The van der Waals surface area contributed by atoms with E-state index in [4.69, 9.17) is 23.2 Å². The summed E-state index contributed by atoms with van der Waals surface area (Å²) in [5.74, 6) is 1.12. The maximum absolute atomic E-state index is 5.23. The summed E-state index contributed by atoms with van der Waals surface area (Å²) in [5.41, 5.74) is 0. The van der Waals surface area contributed by atoms with E-state index in [0.29, 0.717) is 11.8 Å². The number of hydrogen-bond acceptors (Lipinski definition) is 1. The monoisotopic (exact) mass is 331 g/mol. The van der Waals surface area contributed by atoms with Gasteiger partial charge < -0.3 is 5.32 Å². The topological polar surface area (TPSA) is 12.0 Å². The van der Waals surface area contributed by atoms with E-state index in [0.717, 1.165) is 0 Å². The van der Waals surface area contributed by atoms with Crippen molar-refractivity contribution in [3.05, 3.63) is 24.8 Å². The van der Waals surface area contributed by atoms with Crippen molar-refractivity contribution in [2.45, 2.75) is 45.4 Å². The molecule has 0 atom stereocenters. The molecule has 0 aromatic heterocycles. The standard InChI is InChI=1S/C9H18.C4H6Cl2.C2H7N.ClH/c1-3-5-7-9-8-6-4-2;5-3-1-2-4-6;1-3-2;/h3H,1,4-9H2,2H3;1-2H,3-4H2;3H,1-2H3;1H. The second-order valence-corrected chi connectivity index (χ2v) is 4.39. The van der Waals surface area contributed by atoms with E-state index in [1.165, 1.54) is 38.5 Å². The molecular weight excluding hydrogens is 301 g/mol. The van der Waals surface area contributed by atoms with Crippen LogP contribution in [0.4, 0.5) is 0 Å². The minimum Gasteiger partial charge on any atom is -0.323 e. The van der Waals surface area contributed by atoms with Gasteiger partial charge in [0, 0.05) is 11.8 Å². The van der Waals surface area contributed by atoms with Gasteiger partial charge in [-0.3, -0.25) is 0 Å². The molecular formula is C15H32Cl3N. The fourth-order valence-electron chi connectivity index (χ4n) is 1.02. The van der Waals surface area contributed by atoms with Crippen LogP contribution in [0.15, 0.2) is 24.8 Å². The third-order valence-corrected chi connectivity index (χ3v) is 2.21. The fraction of sp³-hybridized carbons (Fsp3) is 0.733. The molecule has 0 saturated carbocycles. The van der Waals surface area contributed by atoms with Gasteiger partial charge in [-0.15, -0.1) is 42.2 Å². The first kappa shape index (κ1) is 27.6. The van der Waals surface area contributed by atoms with E-state index in [9.17, 15) is 0 Å². The van der Waals surface area contributed by atoms with Crippen LogP contribution in [0, 0.1) is 0 Å². The van der Waals surface area contributed by atoms with Gasteiger partial charge in [0.1, 0.15) is 0 Å². The lowest BCUT2D eigenvalue weighted by molar-refractivity contribution is 0.638. The third kappa shape index (κ3) is 56.2. The molecule has 0 aliphatic rings. The molecule has 1 nitrogen and oxygen atoms in total. The maximum atomic E-state index is 5.23. The number of allylic oxidation sites excluding steroid dienone is 3. The van der Waals surface area contributed by atoms with Crippen LogP contribution in [-0.2, 0) is 0 Å². The van der Waals surface area contributed by atoms with E-state index < -0.39 is 0 Å². The summed E-state index contributed by atoms with van der Waals surface area (Å²) in [6, 6.07) is 0. The summed E-state index contributed by atoms with van der Waals surface area (Å²) < 4.78 is 0. The Labute approximate surface area is 137 Å². The lowest BCUT2D eigenvalue weighted by Crippen LogP contribution is -1.89. The summed E-state index contributed by atoms with van der Waals surface area (Å²) >= 11 is 10.5. The van der Waals surface area contributed by atoms with Gasteiger partial charge in [-0.05, 0) is 26.9 Å². The Hall–Kier alpha value is 0.310. The quantitative estimate of drug-likeness (QED) is 0.336. The van der Waals surface area contributed by atoms with Crippen molar-refractivity contribution in [2.24, 2.45) is 0 Å². The lowest BCUT2D eigenvalue weighted by Gasteiger charge is -1.94. The smallest absolute Gasteiger partial charge is 0.0404 e. The summed E-state index contributed by atoms with van der Waals surface area (Å²) in [5, 5.41) is 2.75. The van der Waals surface area contributed by atoms with Gasteiger partial charge in [0.15, 0.2) is 0 Å². The SMILES string of the molecule is C=CCCCCCCC.CNC.Cl.ClCC=CCCl. The number of hydrogen-bond donors (Lipinski definition) is 1. The Kier molecular flexibility index (Phi) is 52.6. The molecule has 0 aromatic carbocycles. The van der Waals surface area contributed by atoms with Crippen LogP contribution in [0.3, 0.4) is 0 Å². The zero-order chi connectivity index (χ0) is 14.5. The van der Waals surface area contributed by atoms with Gasteiger partial charge in [-0.1, -0.05) is 50.8 Å². The van der Waals surface area contributed by atoms with Gasteiger partial charge in [-0.2, -0.15) is 0 Å². The number of rotatable bonds is 8. The van der Waals surface area contributed by atoms with Crippen molar-refractivity contribution in [3.63, 3.8) is 0 Å². The van der Waals surface area contributed by atoms with Crippen molar-refractivity contribution in [3.8, 4) is 0 Å². The van der Waals surface area contributed by atoms with Crippen molar-refractivity contribution in [1.29, 1.82) is 0 Å². The first-order valence-corrected chi connectivity index (χ1v) is 7.78. The molecule has 0 rings (SSSR count). The Morgan fingerprint density at radius 3 is 1.68 bits per heavy atom. The number of unbranched alkanes of at least 4 members (excludes halogenated alkanes) is 5. The van der Waals surface area contributed by atoms with Crippen LogP contribution in [0.1, 0.15) is 45.4 Å². The molecule has 0 fully saturated rings. The number of nitrogens with one attached hydrogen (secondary N) is 1. The maximum Gasteiger partial charge on any atom is 0.0404 e. The third-order valence-electron chi connectivity index (χ3n) is 1.86. The average molecular weight is 333 g/mol. The van der Waals surface area contributed by atoms with Crippen molar-refractivity contribution in [1.82, 2.24) is 5.32 Å². The molecule has 4 heteroatoms. The molecule has 0 unspecified atom stereocenters. The largest absolute Gasteiger partial charge is 0.323 e. The summed E-state index contributed by atoms with van der Waals surface area (Å²) in [4.78, 5) is 0. The van der Waals surface area contributed by atoms with Gasteiger partial charge in [0.05, 0.1) is 0 Å². The molecule has 0 spiro atoms. The number of alkyl halides is 2. The van der Waals surface area contributed by atoms with E-state index in [2.05, 4.69) is 18.8 Å². The minimum atomic E-state index is 0. The van der Waals surface area contributed by atoms with E-state index in [-0.39, 0.29) is 12.4 Å². The highest BCUT2D eigenvalue weighted by Gasteiger charge is 1.84. The molecule has 0 aliphatic carbocycles. The summed E-state index contributed by atoms with van der Waals surface area (Å²) in [6.07, 6.45) is 13.7. The van der Waals surface area contributed by atoms with E-state index in [1.54, 1.807) is 0 Å². The molecule has 0 amide bonds. The minimum absolute atomic E-state index is 0. The van der Waals surface area contributed by atoms with Gasteiger partial charge in [0.25, 0.3) is 0 Å². The van der Waals surface area contributed by atoms with Crippen molar-refractivity contribution in [2.75, 3.05) is 25.9 Å². The van der Waals surface area contributed by atoms with Gasteiger partial charge in [0.2, 0.25) is 0 Å². The van der Waals surface area contributed by atoms with Crippen LogP contribution >= 0.6 is 35.6 Å². The molecule has 0 aliphatic heterocycles. The second kappa shape index (κ2) is 36.2. The van der Waals surface area contributed by atoms with E-state index in [1.807, 2.05) is 32.3 Å². The molecule has 1 N–H and O–H groups in total. The van der Waals surface area contributed by atoms with Crippen LogP contribution in [0.5, 0.6) is 0 Å². The van der Waals surface area contributed by atoms with Crippen LogP contribution in [0.2, 0.25) is 0 Å². The predicted molar refractivity (Wildman–Crippen MR) is 96.4 cm³/mol. The molecule has 0 heterocycles. The zero-order valence-corrected chi connectivity index (χ0v) is 15.1. The molecule has 0 bridgehead atoms. The fourth-order valence-corrected chi connectivity index (χ4v) is 1.27. The average Bonchev–Trinajstić information content (AvgIpc) is 2.38. The Bertz CT molecular complexity index is 144. The molecule has 0 radical (unpaired) electrons. The van der Waals surface area contributed by atoms with Crippen LogP contribution in [-0.4, -0.2) is 25.9 Å². The normalized spacial score (nSPS) is 8.68. The van der Waals surface area contributed by atoms with Crippen LogP contribution < -0.4 is 5.32 Å². The Morgan fingerprint density at radius 1 is 0.947 bits per heavy atom. The van der Waals surface area contributed by atoms with Gasteiger partial charge >= 0.3 is 0 Å². The predicted octanol–water partition coefficient (Wildman–Crippen LogP) is 5.81.